The number of carbonyl (C=O) groups is 1. The Labute approximate surface area is 238 Å². The fraction of sp³-hybridized carbons (Fsp3) is 0.538. The van der Waals surface area contributed by atoms with Crippen LogP contribution in [0.15, 0.2) is 41.9 Å². The molecule has 39 heavy (non-hydrogen) atoms. The summed E-state index contributed by atoms with van der Waals surface area (Å²) in [7, 11) is -1.68. The number of halogens is 1. The summed E-state index contributed by atoms with van der Waals surface area (Å²) in [5.41, 5.74) is 1.51. The molecule has 0 bridgehead atoms. The Balaban J connectivity index is 1.23. The van der Waals surface area contributed by atoms with Crippen LogP contribution in [0.5, 0.6) is 5.75 Å². The average molecular weight is 594 g/mol. The standard InChI is InChI=1S/C26H33ClN5O5PS/c1-16-12-21(35-25(16)32-15-30-22-23(32)28-14-29-24(22)39-3)13-34-38(37-20-10-8-18(27)9-11-20)31-17(2)26(33)36-19-6-4-5-7-19/h8-11,14-17,19,21,25,31H,4-7,12-13H2,1-3H3. The molecule has 2 fully saturated rings. The van der Waals surface area contributed by atoms with Crippen LogP contribution in [0.4, 0.5) is 0 Å². The molecule has 1 N–H and O–H groups in total. The predicted octanol–water partition coefficient (Wildman–Crippen LogP) is 5.91. The zero-order chi connectivity index (χ0) is 27.4. The number of hydrogen-bond donors (Lipinski definition) is 1. The number of aromatic nitrogens is 4. The zero-order valence-corrected chi connectivity index (χ0v) is 24.6. The number of imidazole rings is 1. The fourth-order valence-corrected chi connectivity index (χ4v) is 6.68. The van der Waals surface area contributed by atoms with Crippen LogP contribution < -0.4 is 9.61 Å². The van der Waals surface area contributed by atoms with Crippen molar-refractivity contribution < 1.29 is 23.3 Å². The second kappa shape index (κ2) is 13.1. The van der Waals surface area contributed by atoms with E-state index in [1.165, 1.54) is 11.8 Å². The number of nitrogens with one attached hydrogen (secondary N) is 1. The highest BCUT2D eigenvalue weighted by Gasteiger charge is 2.36. The van der Waals surface area contributed by atoms with E-state index in [0.29, 0.717) is 10.8 Å². The molecule has 3 heterocycles. The topological polar surface area (TPSA) is 110 Å². The maximum absolute atomic E-state index is 12.7. The van der Waals surface area contributed by atoms with Gasteiger partial charge in [0.05, 0.1) is 19.0 Å². The number of esters is 1. The molecule has 0 amide bonds. The van der Waals surface area contributed by atoms with E-state index in [2.05, 4.69) is 27.0 Å². The molecule has 2 aromatic heterocycles. The third-order valence-electron chi connectivity index (χ3n) is 6.86. The second-order valence-electron chi connectivity index (χ2n) is 9.86. The molecule has 0 radical (unpaired) electrons. The Kier molecular flexibility index (Phi) is 9.58. The second-order valence-corrected chi connectivity index (χ2v) is 12.3. The van der Waals surface area contributed by atoms with Gasteiger partial charge in [-0.05, 0) is 69.5 Å². The van der Waals surface area contributed by atoms with Crippen molar-refractivity contribution in [3.63, 3.8) is 0 Å². The smallest absolute Gasteiger partial charge is 0.323 e. The number of nitrogens with zero attached hydrogens (tertiary/aromatic N) is 4. The highest BCUT2D eigenvalue weighted by atomic mass is 35.5. The third kappa shape index (κ3) is 7.01. The van der Waals surface area contributed by atoms with Gasteiger partial charge in [0.25, 0.3) is 0 Å². The first kappa shape index (κ1) is 28.5. The van der Waals surface area contributed by atoms with Crippen LogP contribution in [0, 0.1) is 5.92 Å². The molecule has 5 atom stereocenters. The van der Waals surface area contributed by atoms with Crippen molar-refractivity contribution in [2.75, 3.05) is 12.9 Å². The molecule has 0 spiro atoms. The minimum atomic E-state index is -1.68. The first-order valence-electron chi connectivity index (χ1n) is 13.1. The molecule has 3 aromatic rings. The van der Waals surface area contributed by atoms with Gasteiger partial charge in [0, 0.05) is 10.9 Å². The summed E-state index contributed by atoms with van der Waals surface area (Å²) in [6.45, 7) is 4.19. The lowest BCUT2D eigenvalue weighted by atomic mass is 10.1. The lowest BCUT2D eigenvalue weighted by Crippen LogP contribution is -2.35. The number of fused-ring (bicyclic) bond motifs is 1. The molecule has 5 rings (SSSR count). The van der Waals surface area contributed by atoms with E-state index < -0.39 is 14.6 Å². The third-order valence-corrected chi connectivity index (χ3v) is 9.16. The van der Waals surface area contributed by atoms with Crippen LogP contribution in [0.2, 0.25) is 5.02 Å². The molecule has 1 saturated carbocycles. The molecule has 1 aromatic carbocycles. The summed E-state index contributed by atoms with van der Waals surface area (Å²) in [4.78, 5) is 26.0. The average Bonchev–Trinajstić information content (AvgIpc) is 3.68. The summed E-state index contributed by atoms with van der Waals surface area (Å²) in [6.07, 6.45) is 9.68. The number of hydrogen-bond acceptors (Lipinski definition) is 10. The lowest BCUT2D eigenvalue weighted by Gasteiger charge is -2.24. The normalized spacial score (nSPS) is 23.2. The van der Waals surface area contributed by atoms with Gasteiger partial charge >= 0.3 is 14.5 Å². The van der Waals surface area contributed by atoms with Gasteiger partial charge in [-0.15, -0.1) is 11.8 Å². The first-order valence-corrected chi connectivity index (χ1v) is 15.9. The largest absolute Gasteiger partial charge is 0.461 e. The Morgan fingerprint density at radius 2 is 2.03 bits per heavy atom. The van der Waals surface area contributed by atoms with Gasteiger partial charge in [-0.3, -0.25) is 9.36 Å². The van der Waals surface area contributed by atoms with Crippen LogP contribution in [-0.2, 0) is 18.8 Å². The summed E-state index contributed by atoms with van der Waals surface area (Å²) < 4.78 is 26.4. The van der Waals surface area contributed by atoms with Gasteiger partial charge in [0.2, 0.25) is 0 Å². The molecule has 10 nitrogen and oxygen atoms in total. The van der Waals surface area contributed by atoms with Crippen LogP contribution in [0.25, 0.3) is 11.2 Å². The molecule has 1 aliphatic heterocycles. The van der Waals surface area contributed by atoms with E-state index in [-0.39, 0.29) is 36.9 Å². The van der Waals surface area contributed by atoms with Crippen molar-refractivity contribution in [3.8, 4) is 5.75 Å². The molecule has 2 aliphatic rings. The van der Waals surface area contributed by atoms with E-state index in [0.717, 1.165) is 48.3 Å². The Bertz CT molecular complexity index is 1260. The minimum Gasteiger partial charge on any atom is -0.461 e. The van der Waals surface area contributed by atoms with Gasteiger partial charge in [-0.2, -0.15) is 0 Å². The fourth-order valence-electron chi connectivity index (χ4n) is 4.85. The van der Waals surface area contributed by atoms with E-state index in [4.69, 9.17) is 30.1 Å². The summed E-state index contributed by atoms with van der Waals surface area (Å²) in [6, 6.07) is 6.43. The van der Waals surface area contributed by atoms with Gasteiger partial charge in [-0.1, -0.05) is 18.5 Å². The molecular formula is C26H33ClN5O5PS. The summed E-state index contributed by atoms with van der Waals surface area (Å²) in [5, 5.41) is 4.63. The summed E-state index contributed by atoms with van der Waals surface area (Å²) >= 11 is 7.57. The van der Waals surface area contributed by atoms with Crippen molar-refractivity contribution >= 4 is 49.0 Å². The van der Waals surface area contributed by atoms with Crippen molar-refractivity contribution in [1.82, 2.24) is 24.6 Å². The highest BCUT2D eigenvalue weighted by Crippen LogP contribution is 2.41. The van der Waals surface area contributed by atoms with Crippen LogP contribution >= 0.6 is 31.9 Å². The molecule has 1 aliphatic carbocycles. The van der Waals surface area contributed by atoms with Crippen LogP contribution in [0.3, 0.4) is 0 Å². The number of carbonyl (C=O) groups excluding carboxylic acids is 1. The SMILES string of the molecule is CSc1ncnc2c1ncn2C1OC(COP(NC(C)C(=O)OC2CCCC2)Oc2ccc(Cl)cc2)CC1C. The van der Waals surface area contributed by atoms with E-state index in [1.807, 2.05) is 10.8 Å². The minimum absolute atomic E-state index is 0.00656. The highest BCUT2D eigenvalue weighted by molar-refractivity contribution is 7.98. The van der Waals surface area contributed by atoms with Gasteiger partial charge < -0.3 is 18.5 Å². The number of ether oxygens (including phenoxy) is 2. The molecule has 13 heteroatoms. The Morgan fingerprint density at radius 1 is 1.26 bits per heavy atom. The molecule has 210 valence electrons. The summed E-state index contributed by atoms with van der Waals surface area (Å²) in [5.74, 6) is 0.490. The quantitative estimate of drug-likeness (QED) is 0.125. The number of thioether (sulfide) groups is 1. The van der Waals surface area contributed by atoms with Crippen molar-refractivity contribution in [2.24, 2.45) is 5.92 Å². The van der Waals surface area contributed by atoms with Gasteiger partial charge in [0.1, 0.15) is 41.0 Å². The van der Waals surface area contributed by atoms with Gasteiger partial charge in [-0.25, -0.2) is 20.0 Å². The van der Waals surface area contributed by atoms with Crippen LogP contribution in [-0.4, -0.2) is 56.6 Å². The first-order chi connectivity index (χ1) is 18.9. The molecule has 1 saturated heterocycles. The van der Waals surface area contributed by atoms with Crippen molar-refractivity contribution in [3.05, 3.63) is 41.9 Å². The van der Waals surface area contributed by atoms with Crippen molar-refractivity contribution in [1.29, 1.82) is 0 Å². The van der Waals surface area contributed by atoms with Gasteiger partial charge in [0.15, 0.2) is 5.65 Å². The monoisotopic (exact) mass is 593 g/mol. The Morgan fingerprint density at radius 3 is 2.77 bits per heavy atom. The number of rotatable bonds is 11. The molecule has 5 unspecified atom stereocenters. The maximum atomic E-state index is 12.7. The van der Waals surface area contributed by atoms with Crippen LogP contribution in [0.1, 0.15) is 52.2 Å². The maximum Gasteiger partial charge on any atom is 0.323 e. The molecular weight excluding hydrogens is 561 g/mol. The number of benzene rings is 1. The Hall–Kier alpha value is -2.01. The van der Waals surface area contributed by atoms with E-state index >= 15 is 0 Å². The lowest BCUT2D eigenvalue weighted by molar-refractivity contribution is -0.150. The van der Waals surface area contributed by atoms with Crippen molar-refractivity contribution in [2.45, 2.75) is 75.5 Å². The van der Waals surface area contributed by atoms with E-state index in [9.17, 15) is 4.79 Å². The zero-order valence-electron chi connectivity index (χ0n) is 22.2. The van der Waals surface area contributed by atoms with E-state index in [1.54, 1.807) is 43.8 Å². The predicted molar refractivity (Wildman–Crippen MR) is 151 cm³/mol.